The van der Waals surface area contributed by atoms with E-state index in [1.54, 1.807) is 20.8 Å². The van der Waals surface area contributed by atoms with E-state index < -0.39 is 36.0 Å². The molecule has 3 aromatic rings. The van der Waals surface area contributed by atoms with Crippen LogP contribution in [-0.4, -0.2) is 41.1 Å². The van der Waals surface area contributed by atoms with E-state index in [-0.39, 0.29) is 13.0 Å². The number of carbonyl (C=O) groups excluding carboxylic acids is 2. The molecule has 0 radical (unpaired) electrons. The fourth-order valence-electron chi connectivity index (χ4n) is 4.09. The molecule has 0 aromatic heterocycles. The van der Waals surface area contributed by atoms with Crippen molar-refractivity contribution in [1.29, 1.82) is 0 Å². The van der Waals surface area contributed by atoms with Gasteiger partial charge in [-0.05, 0) is 56.7 Å². The summed E-state index contributed by atoms with van der Waals surface area (Å²) >= 11 is 0. The molecule has 0 aliphatic rings. The van der Waals surface area contributed by atoms with Gasteiger partial charge in [0.25, 0.3) is 0 Å². The molecule has 0 fully saturated rings. The van der Waals surface area contributed by atoms with Crippen LogP contribution in [0.25, 0.3) is 0 Å². The molecule has 0 heterocycles. The second kappa shape index (κ2) is 14.2. The Morgan fingerprint density at radius 3 is 1.76 bits per heavy atom. The van der Waals surface area contributed by atoms with Crippen LogP contribution in [0.15, 0.2) is 91.0 Å². The molecule has 0 spiro atoms. The van der Waals surface area contributed by atoms with Crippen molar-refractivity contribution in [2.24, 2.45) is 0 Å². The fourth-order valence-corrected chi connectivity index (χ4v) is 4.09. The van der Waals surface area contributed by atoms with E-state index in [4.69, 9.17) is 9.47 Å². The lowest BCUT2D eigenvalue weighted by Gasteiger charge is -2.29. The lowest BCUT2D eigenvalue weighted by molar-refractivity contribution is 0.0463. The van der Waals surface area contributed by atoms with Crippen LogP contribution in [0.4, 0.5) is 9.59 Å². The summed E-state index contributed by atoms with van der Waals surface area (Å²) < 4.78 is 10.9. The Bertz CT molecular complexity index is 1120. The number of amides is 2. The molecule has 0 bridgehead atoms. The van der Waals surface area contributed by atoms with Crippen LogP contribution in [-0.2, 0) is 28.9 Å². The van der Waals surface area contributed by atoms with Crippen molar-refractivity contribution in [1.82, 2.24) is 10.6 Å². The number of carbonyl (C=O) groups is 2. The van der Waals surface area contributed by atoms with E-state index in [2.05, 4.69) is 10.6 Å². The SMILES string of the molecule is CC(C)(C)OC(=O)N[C@@H](Cc1ccccc1)C[C@H](O)[C@H](Cc1ccccc1)NC(=O)OCc1ccccc1. The molecule has 3 aromatic carbocycles. The zero-order chi connectivity index (χ0) is 27.4. The van der Waals surface area contributed by atoms with Gasteiger partial charge in [0.05, 0.1) is 12.1 Å². The van der Waals surface area contributed by atoms with Crippen molar-refractivity contribution < 1.29 is 24.2 Å². The van der Waals surface area contributed by atoms with Crippen LogP contribution >= 0.6 is 0 Å². The van der Waals surface area contributed by atoms with Gasteiger partial charge in [0.1, 0.15) is 12.2 Å². The molecule has 3 N–H and O–H groups in total. The molecule has 202 valence electrons. The minimum absolute atomic E-state index is 0.123. The number of nitrogens with one attached hydrogen (secondary N) is 2. The van der Waals surface area contributed by atoms with E-state index in [0.717, 1.165) is 16.7 Å². The molecular formula is C31H38N2O5. The average molecular weight is 519 g/mol. The molecule has 2 amide bonds. The molecule has 0 aliphatic carbocycles. The molecule has 3 atom stereocenters. The van der Waals surface area contributed by atoms with Crippen LogP contribution in [0, 0.1) is 0 Å². The summed E-state index contributed by atoms with van der Waals surface area (Å²) in [5.74, 6) is 0. The topological polar surface area (TPSA) is 96.9 Å². The maximum atomic E-state index is 12.7. The third-order valence-corrected chi connectivity index (χ3v) is 5.85. The molecule has 3 rings (SSSR count). The maximum absolute atomic E-state index is 12.7. The smallest absolute Gasteiger partial charge is 0.407 e. The van der Waals surface area contributed by atoms with E-state index in [1.807, 2.05) is 91.0 Å². The number of hydrogen-bond donors (Lipinski definition) is 3. The monoisotopic (exact) mass is 518 g/mol. The largest absolute Gasteiger partial charge is 0.445 e. The lowest BCUT2D eigenvalue weighted by atomic mass is 9.94. The van der Waals surface area contributed by atoms with Crippen molar-refractivity contribution in [2.45, 2.75) is 70.4 Å². The van der Waals surface area contributed by atoms with Gasteiger partial charge in [-0.1, -0.05) is 91.0 Å². The predicted octanol–water partition coefficient (Wildman–Crippen LogP) is 5.41. The predicted molar refractivity (Wildman–Crippen MR) is 148 cm³/mol. The van der Waals surface area contributed by atoms with Crippen molar-refractivity contribution >= 4 is 12.2 Å². The second-order valence-electron chi connectivity index (χ2n) is 10.3. The maximum Gasteiger partial charge on any atom is 0.407 e. The Kier molecular flexibility index (Phi) is 10.7. The van der Waals surface area contributed by atoms with Crippen molar-refractivity contribution in [2.75, 3.05) is 0 Å². The third kappa shape index (κ3) is 10.6. The fraction of sp³-hybridized carbons (Fsp3) is 0.355. The summed E-state index contributed by atoms with van der Waals surface area (Å²) in [7, 11) is 0. The first-order chi connectivity index (χ1) is 18.2. The Morgan fingerprint density at radius 2 is 1.24 bits per heavy atom. The van der Waals surface area contributed by atoms with Gasteiger partial charge in [-0.3, -0.25) is 0 Å². The zero-order valence-electron chi connectivity index (χ0n) is 22.3. The number of aliphatic hydroxyl groups is 1. The van der Waals surface area contributed by atoms with Gasteiger partial charge < -0.3 is 25.2 Å². The van der Waals surface area contributed by atoms with Gasteiger partial charge in [-0.2, -0.15) is 0 Å². The molecule has 0 saturated heterocycles. The quantitative estimate of drug-likeness (QED) is 0.315. The van der Waals surface area contributed by atoms with Crippen molar-refractivity contribution in [3.63, 3.8) is 0 Å². The van der Waals surface area contributed by atoms with Crippen molar-refractivity contribution in [3.05, 3.63) is 108 Å². The van der Waals surface area contributed by atoms with Gasteiger partial charge in [0.2, 0.25) is 0 Å². The summed E-state index contributed by atoms with van der Waals surface area (Å²) in [6.07, 6.45) is -1.05. The van der Waals surface area contributed by atoms with Crippen molar-refractivity contribution in [3.8, 4) is 0 Å². The minimum atomic E-state index is -0.969. The number of benzene rings is 3. The normalized spacial score (nSPS) is 13.6. The summed E-state index contributed by atoms with van der Waals surface area (Å²) in [4.78, 5) is 25.3. The van der Waals surface area contributed by atoms with E-state index >= 15 is 0 Å². The Labute approximate surface area is 225 Å². The van der Waals surface area contributed by atoms with Gasteiger partial charge in [0, 0.05) is 6.04 Å². The van der Waals surface area contributed by atoms with Crippen LogP contribution in [0.1, 0.15) is 43.9 Å². The number of ether oxygens (including phenoxy) is 2. The molecule has 0 aliphatic heterocycles. The van der Waals surface area contributed by atoms with E-state index in [1.165, 1.54) is 0 Å². The minimum Gasteiger partial charge on any atom is -0.445 e. The summed E-state index contributed by atoms with van der Waals surface area (Å²) in [5.41, 5.74) is 2.18. The van der Waals surface area contributed by atoms with Crippen LogP contribution in [0.3, 0.4) is 0 Å². The third-order valence-electron chi connectivity index (χ3n) is 5.85. The second-order valence-corrected chi connectivity index (χ2v) is 10.3. The van der Waals surface area contributed by atoms with Gasteiger partial charge >= 0.3 is 12.2 Å². The van der Waals surface area contributed by atoms with Gasteiger partial charge in [-0.25, -0.2) is 9.59 Å². The van der Waals surface area contributed by atoms with E-state index in [9.17, 15) is 14.7 Å². The Morgan fingerprint density at radius 1 is 0.737 bits per heavy atom. The summed E-state index contributed by atoms with van der Waals surface area (Å²) in [6, 6.07) is 27.7. The summed E-state index contributed by atoms with van der Waals surface area (Å²) in [5, 5.41) is 17.1. The number of hydrogen-bond acceptors (Lipinski definition) is 5. The first-order valence-corrected chi connectivity index (χ1v) is 12.9. The van der Waals surface area contributed by atoms with Crippen LogP contribution in [0.2, 0.25) is 0 Å². The molecule has 7 heteroatoms. The Hall–Kier alpha value is -3.84. The highest BCUT2D eigenvalue weighted by atomic mass is 16.6. The van der Waals surface area contributed by atoms with Crippen LogP contribution in [0.5, 0.6) is 0 Å². The first-order valence-electron chi connectivity index (χ1n) is 12.9. The molecule has 0 unspecified atom stereocenters. The number of aliphatic hydroxyl groups excluding tert-OH is 1. The van der Waals surface area contributed by atoms with Crippen LogP contribution < -0.4 is 10.6 Å². The molecule has 38 heavy (non-hydrogen) atoms. The average Bonchev–Trinajstić information content (AvgIpc) is 2.87. The standard InChI is InChI=1S/C31H38N2O5/c1-31(2,3)38-30(36)32-26(19-23-13-7-4-8-14-23)21-28(34)27(20-24-15-9-5-10-16-24)33-29(35)37-22-25-17-11-6-12-18-25/h4-18,26-28,34H,19-22H2,1-3H3,(H,32,36)(H,33,35)/t26-,27-,28-/m0/s1. The number of alkyl carbamates (subject to hydrolysis) is 2. The molecular weight excluding hydrogens is 480 g/mol. The van der Waals surface area contributed by atoms with Gasteiger partial charge in [-0.15, -0.1) is 0 Å². The lowest BCUT2D eigenvalue weighted by Crippen LogP contribution is -2.49. The van der Waals surface area contributed by atoms with E-state index in [0.29, 0.717) is 12.8 Å². The molecule has 0 saturated carbocycles. The molecule has 7 nitrogen and oxygen atoms in total. The zero-order valence-corrected chi connectivity index (χ0v) is 22.3. The summed E-state index contributed by atoms with van der Waals surface area (Å²) in [6.45, 7) is 5.52. The Balaban J connectivity index is 1.72. The first kappa shape index (κ1) is 28.7. The highest BCUT2D eigenvalue weighted by molar-refractivity contribution is 5.68. The van der Waals surface area contributed by atoms with Gasteiger partial charge in [0.15, 0.2) is 0 Å². The number of rotatable bonds is 11. The highest BCUT2D eigenvalue weighted by Crippen LogP contribution is 2.16. The highest BCUT2D eigenvalue weighted by Gasteiger charge is 2.28.